The zero-order valence-corrected chi connectivity index (χ0v) is 13.0. The minimum absolute atomic E-state index is 0.265. The molecule has 9 heteroatoms. The van der Waals surface area contributed by atoms with Crippen molar-refractivity contribution in [2.75, 3.05) is 25.6 Å². The molecule has 0 aliphatic heterocycles. The van der Waals surface area contributed by atoms with Gasteiger partial charge in [0.1, 0.15) is 12.2 Å². The summed E-state index contributed by atoms with van der Waals surface area (Å²) in [6.07, 6.45) is 4.02. The molecule has 120 valence electrons. The highest BCUT2D eigenvalue weighted by molar-refractivity contribution is 5.89. The van der Waals surface area contributed by atoms with Crippen molar-refractivity contribution in [3.8, 4) is 0 Å². The van der Waals surface area contributed by atoms with Crippen LogP contribution in [0.5, 0.6) is 0 Å². The SMILES string of the molecule is COCCn1cnnc1CCNC(=O)Nc1cn(C)nc1C. The lowest BCUT2D eigenvalue weighted by molar-refractivity contribution is 0.186. The molecule has 2 amide bonds. The van der Waals surface area contributed by atoms with Crippen molar-refractivity contribution < 1.29 is 9.53 Å². The molecule has 0 atom stereocenters. The maximum Gasteiger partial charge on any atom is 0.319 e. The van der Waals surface area contributed by atoms with E-state index in [1.54, 1.807) is 24.3 Å². The number of hydrogen-bond donors (Lipinski definition) is 2. The Morgan fingerprint density at radius 2 is 2.27 bits per heavy atom. The Morgan fingerprint density at radius 3 is 2.95 bits per heavy atom. The van der Waals surface area contributed by atoms with Crippen LogP contribution in [0.25, 0.3) is 0 Å². The van der Waals surface area contributed by atoms with Crippen LogP contribution in [0.4, 0.5) is 10.5 Å². The second-order valence-corrected chi connectivity index (χ2v) is 4.87. The predicted molar refractivity (Wildman–Crippen MR) is 80.6 cm³/mol. The monoisotopic (exact) mass is 307 g/mol. The lowest BCUT2D eigenvalue weighted by Crippen LogP contribution is -2.31. The summed E-state index contributed by atoms with van der Waals surface area (Å²) in [7, 11) is 3.46. The quantitative estimate of drug-likeness (QED) is 0.768. The molecule has 0 radical (unpaired) electrons. The zero-order chi connectivity index (χ0) is 15.9. The van der Waals surface area contributed by atoms with Gasteiger partial charge in [-0.1, -0.05) is 0 Å². The van der Waals surface area contributed by atoms with E-state index in [0.717, 1.165) is 11.5 Å². The van der Waals surface area contributed by atoms with E-state index in [4.69, 9.17) is 4.74 Å². The predicted octanol–water partition coefficient (Wildman–Crippen LogP) is 0.331. The molecule has 0 aromatic carbocycles. The Kier molecular flexibility index (Phi) is 5.48. The first-order valence-electron chi connectivity index (χ1n) is 7.01. The average molecular weight is 307 g/mol. The third-order valence-corrected chi connectivity index (χ3v) is 3.13. The Balaban J connectivity index is 1.77. The van der Waals surface area contributed by atoms with Crippen LogP contribution in [-0.4, -0.2) is 50.8 Å². The molecule has 0 fully saturated rings. The normalized spacial score (nSPS) is 10.7. The summed E-state index contributed by atoms with van der Waals surface area (Å²) in [5.74, 6) is 0.815. The molecule has 2 aromatic rings. The fourth-order valence-corrected chi connectivity index (χ4v) is 2.03. The van der Waals surface area contributed by atoms with Gasteiger partial charge in [0.25, 0.3) is 0 Å². The van der Waals surface area contributed by atoms with Gasteiger partial charge in [-0.2, -0.15) is 5.10 Å². The number of amides is 2. The maximum absolute atomic E-state index is 11.8. The summed E-state index contributed by atoms with van der Waals surface area (Å²) in [6, 6.07) is -0.265. The average Bonchev–Trinajstić information content (AvgIpc) is 3.03. The topological polar surface area (TPSA) is 98.9 Å². The van der Waals surface area contributed by atoms with Crippen molar-refractivity contribution in [2.45, 2.75) is 19.9 Å². The molecule has 2 rings (SSSR count). The molecule has 2 heterocycles. The third-order valence-electron chi connectivity index (χ3n) is 3.13. The summed E-state index contributed by atoms with van der Waals surface area (Å²) in [5, 5.41) is 17.6. The van der Waals surface area contributed by atoms with Crippen LogP contribution in [-0.2, 0) is 24.8 Å². The van der Waals surface area contributed by atoms with E-state index in [9.17, 15) is 4.79 Å². The second kappa shape index (κ2) is 7.55. The van der Waals surface area contributed by atoms with E-state index in [2.05, 4.69) is 25.9 Å². The van der Waals surface area contributed by atoms with Gasteiger partial charge in [0, 0.05) is 39.9 Å². The van der Waals surface area contributed by atoms with E-state index in [1.807, 2.05) is 18.5 Å². The van der Waals surface area contributed by atoms with E-state index >= 15 is 0 Å². The molecule has 2 aromatic heterocycles. The van der Waals surface area contributed by atoms with Gasteiger partial charge in [-0.05, 0) is 6.92 Å². The summed E-state index contributed by atoms with van der Waals surface area (Å²) in [4.78, 5) is 11.8. The number of nitrogens with zero attached hydrogens (tertiary/aromatic N) is 5. The van der Waals surface area contributed by atoms with Gasteiger partial charge in [0.2, 0.25) is 0 Å². The van der Waals surface area contributed by atoms with Gasteiger partial charge in [-0.3, -0.25) is 4.68 Å². The molecule has 0 spiro atoms. The summed E-state index contributed by atoms with van der Waals surface area (Å²) < 4.78 is 8.60. The lowest BCUT2D eigenvalue weighted by atomic mass is 10.4. The number of carbonyl (C=O) groups is 1. The number of rotatable bonds is 7. The standard InChI is InChI=1S/C13H21N7O2/c1-10-11(8-19(2)18-10)16-13(21)14-5-4-12-17-15-9-20(12)6-7-22-3/h8-9H,4-7H2,1-3H3,(H2,14,16,21). The number of ether oxygens (including phenoxy) is 1. The van der Waals surface area contributed by atoms with Crippen molar-refractivity contribution in [3.63, 3.8) is 0 Å². The minimum atomic E-state index is -0.265. The van der Waals surface area contributed by atoms with Gasteiger partial charge in [-0.25, -0.2) is 4.79 Å². The highest BCUT2D eigenvalue weighted by Crippen LogP contribution is 2.10. The van der Waals surface area contributed by atoms with Crippen LogP contribution in [0.1, 0.15) is 11.5 Å². The van der Waals surface area contributed by atoms with Gasteiger partial charge in [0.05, 0.1) is 18.0 Å². The molecule has 0 aliphatic rings. The molecular formula is C13H21N7O2. The van der Waals surface area contributed by atoms with E-state index < -0.39 is 0 Å². The Morgan fingerprint density at radius 1 is 1.45 bits per heavy atom. The molecule has 0 saturated heterocycles. The molecule has 0 unspecified atom stereocenters. The van der Waals surface area contributed by atoms with Crippen molar-refractivity contribution in [1.82, 2.24) is 29.9 Å². The number of methoxy groups -OCH3 is 1. The van der Waals surface area contributed by atoms with Gasteiger partial charge in [0.15, 0.2) is 0 Å². The molecular weight excluding hydrogens is 286 g/mol. The maximum atomic E-state index is 11.8. The van der Waals surface area contributed by atoms with E-state index in [0.29, 0.717) is 31.8 Å². The van der Waals surface area contributed by atoms with Gasteiger partial charge in [-0.15, -0.1) is 10.2 Å². The van der Waals surface area contributed by atoms with Crippen molar-refractivity contribution in [3.05, 3.63) is 24.0 Å². The number of hydrogen-bond acceptors (Lipinski definition) is 5. The second-order valence-electron chi connectivity index (χ2n) is 4.87. The fraction of sp³-hybridized carbons (Fsp3) is 0.538. The Labute approximate surface area is 128 Å². The van der Waals surface area contributed by atoms with Crippen LogP contribution < -0.4 is 10.6 Å². The summed E-state index contributed by atoms with van der Waals surface area (Å²) in [6.45, 7) is 3.60. The first kappa shape index (κ1) is 16.0. The largest absolute Gasteiger partial charge is 0.383 e. The van der Waals surface area contributed by atoms with Crippen LogP contribution in [0, 0.1) is 6.92 Å². The third kappa shape index (κ3) is 4.29. The van der Waals surface area contributed by atoms with E-state index in [1.165, 1.54) is 0 Å². The number of aromatic nitrogens is 5. The molecule has 22 heavy (non-hydrogen) atoms. The highest BCUT2D eigenvalue weighted by atomic mass is 16.5. The van der Waals surface area contributed by atoms with E-state index in [-0.39, 0.29) is 6.03 Å². The Bertz CT molecular complexity index is 620. The number of urea groups is 1. The summed E-state index contributed by atoms with van der Waals surface area (Å²) >= 11 is 0. The number of aryl methyl sites for hydroxylation is 2. The highest BCUT2D eigenvalue weighted by Gasteiger charge is 2.08. The van der Waals surface area contributed by atoms with Crippen LogP contribution >= 0.6 is 0 Å². The molecule has 2 N–H and O–H groups in total. The molecule has 9 nitrogen and oxygen atoms in total. The lowest BCUT2D eigenvalue weighted by Gasteiger charge is -2.08. The summed E-state index contributed by atoms with van der Waals surface area (Å²) in [5.41, 5.74) is 1.47. The van der Waals surface area contributed by atoms with Crippen molar-refractivity contribution in [2.24, 2.45) is 7.05 Å². The first-order chi connectivity index (χ1) is 10.6. The van der Waals surface area contributed by atoms with Crippen LogP contribution in [0.3, 0.4) is 0 Å². The smallest absolute Gasteiger partial charge is 0.319 e. The first-order valence-corrected chi connectivity index (χ1v) is 7.01. The van der Waals surface area contributed by atoms with Crippen molar-refractivity contribution >= 4 is 11.7 Å². The fourth-order valence-electron chi connectivity index (χ4n) is 2.03. The Hall–Kier alpha value is -2.42. The molecule has 0 saturated carbocycles. The minimum Gasteiger partial charge on any atom is -0.383 e. The number of carbonyl (C=O) groups excluding carboxylic acids is 1. The molecule has 0 aliphatic carbocycles. The van der Waals surface area contributed by atoms with Crippen LogP contribution in [0.2, 0.25) is 0 Å². The molecule has 0 bridgehead atoms. The number of nitrogens with one attached hydrogen (secondary N) is 2. The van der Waals surface area contributed by atoms with Crippen molar-refractivity contribution in [1.29, 1.82) is 0 Å². The van der Waals surface area contributed by atoms with Gasteiger partial charge < -0.3 is 19.9 Å². The van der Waals surface area contributed by atoms with Gasteiger partial charge >= 0.3 is 6.03 Å². The number of anilines is 1. The van der Waals surface area contributed by atoms with Crippen LogP contribution in [0.15, 0.2) is 12.5 Å². The zero-order valence-electron chi connectivity index (χ0n) is 13.0.